The van der Waals surface area contributed by atoms with Crippen LogP contribution in [0.3, 0.4) is 0 Å². The summed E-state index contributed by atoms with van der Waals surface area (Å²) in [5.74, 6) is 0. The fourth-order valence-corrected chi connectivity index (χ4v) is 7.97. The first-order valence-corrected chi connectivity index (χ1v) is 14.9. The molecule has 0 atom stereocenters. The van der Waals surface area contributed by atoms with Gasteiger partial charge in [0.15, 0.2) is 0 Å². The summed E-state index contributed by atoms with van der Waals surface area (Å²) in [6.45, 7) is 19.8. The quantitative estimate of drug-likeness (QED) is 0.153. The number of nitriles is 2. The monoisotopic (exact) mass is 570 g/mol. The number of rotatable bonds is 2. The molecule has 5 aromatic rings. The second-order valence-electron chi connectivity index (χ2n) is 10.2. The molecule has 2 aliphatic rings. The van der Waals surface area contributed by atoms with Gasteiger partial charge in [-0.3, -0.25) is 0 Å². The van der Waals surface area contributed by atoms with E-state index in [1.807, 2.05) is 12.1 Å². The first-order chi connectivity index (χ1) is 20.5. The van der Waals surface area contributed by atoms with Crippen LogP contribution in [-0.4, -0.2) is 0 Å². The van der Waals surface area contributed by atoms with Gasteiger partial charge in [-0.25, -0.2) is 20.2 Å². The maximum atomic E-state index is 10.0. The predicted octanol–water partition coefficient (Wildman–Crippen LogP) is 10.1. The summed E-state index contributed by atoms with van der Waals surface area (Å²) in [5.41, 5.74) is 12.8. The van der Waals surface area contributed by atoms with Crippen molar-refractivity contribution in [2.24, 2.45) is 0 Å². The zero-order chi connectivity index (χ0) is 29.1. The van der Waals surface area contributed by atoms with Gasteiger partial charge in [0.2, 0.25) is 0 Å². The molecule has 7 rings (SSSR count). The van der Waals surface area contributed by atoms with Crippen molar-refractivity contribution in [1.82, 2.24) is 0 Å². The molecule has 0 fully saturated rings. The molecule has 0 bridgehead atoms. The lowest BCUT2D eigenvalue weighted by atomic mass is 9.95. The van der Waals surface area contributed by atoms with Crippen molar-refractivity contribution in [1.29, 1.82) is 10.5 Å². The van der Waals surface area contributed by atoms with Crippen LogP contribution in [0.1, 0.15) is 33.4 Å². The fourth-order valence-electron chi connectivity index (χ4n) is 6.12. The van der Waals surface area contributed by atoms with Crippen molar-refractivity contribution in [3.05, 3.63) is 139 Å². The summed E-state index contributed by atoms with van der Waals surface area (Å²) < 4.78 is 0. The molecule has 3 aromatic carbocycles. The van der Waals surface area contributed by atoms with Gasteiger partial charge in [-0.1, -0.05) is 24.3 Å². The van der Waals surface area contributed by atoms with E-state index in [1.54, 1.807) is 22.7 Å². The van der Waals surface area contributed by atoms with Crippen LogP contribution in [0.5, 0.6) is 0 Å². The zero-order valence-electron chi connectivity index (χ0n) is 22.5. The second kappa shape index (κ2) is 9.55. The standard InChI is InChI=1S/C36H18N4S2/c1-19-9-11-41-35(19)21-5-7-23-25-15-30-26(16-29(25)33(27(23)13-21)31(17-37)39-3)24-8-6-22(36-20(2)10-12-42-36)14-28(24)34(30)32(18-38)40-4/h5-16H,1-2H3/b33-31-,34-32+. The molecule has 0 amide bonds. The Kier molecular flexibility index (Phi) is 5.79. The molecular weight excluding hydrogens is 553 g/mol. The van der Waals surface area contributed by atoms with Crippen LogP contribution in [0.4, 0.5) is 0 Å². The molecule has 0 N–H and O–H groups in total. The van der Waals surface area contributed by atoms with Crippen molar-refractivity contribution >= 4 is 33.8 Å². The maximum absolute atomic E-state index is 10.0. The van der Waals surface area contributed by atoms with Gasteiger partial charge in [0, 0.05) is 20.9 Å². The highest BCUT2D eigenvalue weighted by molar-refractivity contribution is 7.14. The summed E-state index contributed by atoms with van der Waals surface area (Å²) in [5, 5.41) is 24.2. The Morgan fingerprint density at radius 1 is 0.571 bits per heavy atom. The molecule has 194 valence electrons. The van der Waals surface area contributed by atoms with E-state index in [-0.39, 0.29) is 11.4 Å². The van der Waals surface area contributed by atoms with Crippen molar-refractivity contribution in [3.63, 3.8) is 0 Å². The average Bonchev–Trinajstić information content (AvgIpc) is 3.78. The average molecular weight is 571 g/mol. The van der Waals surface area contributed by atoms with Gasteiger partial charge in [0.05, 0.1) is 25.3 Å². The molecule has 0 spiro atoms. The van der Waals surface area contributed by atoms with Crippen molar-refractivity contribution in [2.75, 3.05) is 0 Å². The third-order valence-electron chi connectivity index (χ3n) is 8.01. The van der Waals surface area contributed by atoms with Crippen LogP contribution in [0.2, 0.25) is 0 Å². The molecule has 42 heavy (non-hydrogen) atoms. The number of thiophene rings is 2. The smallest absolute Gasteiger partial charge is 0.226 e. The van der Waals surface area contributed by atoms with Crippen LogP contribution in [-0.2, 0) is 0 Å². The normalized spacial score (nSPS) is 14.4. The highest BCUT2D eigenvalue weighted by atomic mass is 32.1. The highest BCUT2D eigenvalue weighted by Gasteiger charge is 2.34. The van der Waals surface area contributed by atoms with Gasteiger partial charge in [-0.15, -0.1) is 22.7 Å². The van der Waals surface area contributed by atoms with E-state index in [4.69, 9.17) is 13.1 Å². The number of hydrogen-bond donors (Lipinski definition) is 0. The molecule has 0 unspecified atom stereocenters. The van der Waals surface area contributed by atoms with Crippen LogP contribution >= 0.6 is 22.7 Å². The summed E-state index contributed by atoms with van der Waals surface area (Å²) in [4.78, 5) is 9.58. The molecule has 4 nitrogen and oxygen atoms in total. The van der Waals surface area contributed by atoms with Crippen LogP contribution in [0.15, 0.2) is 82.8 Å². The minimum Gasteiger partial charge on any atom is -0.226 e. The molecule has 0 aliphatic heterocycles. The Balaban J connectivity index is 1.52. The Bertz CT molecular complexity index is 2070. The van der Waals surface area contributed by atoms with Gasteiger partial charge in [-0.05, 0) is 128 Å². The first kappa shape index (κ1) is 25.5. The van der Waals surface area contributed by atoms with Gasteiger partial charge >= 0.3 is 0 Å². The van der Waals surface area contributed by atoms with Gasteiger partial charge in [-0.2, -0.15) is 0 Å². The Morgan fingerprint density at radius 3 is 1.31 bits per heavy atom. The van der Waals surface area contributed by atoms with Crippen molar-refractivity contribution in [3.8, 4) is 55.3 Å². The SMILES string of the molecule is [C-]#[N+]/C(C#N)=C1/c2cc(-c3sccc3C)ccc2-c2cc3c(cc21)-c1ccc(-c2sccc2C)cc1/C3=C(/C#N)[N+]#[C-]. The number of nitrogens with zero attached hydrogens (tertiary/aromatic N) is 4. The molecule has 0 saturated heterocycles. The summed E-state index contributed by atoms with van der Waals surface area (Å²) >= 11 is 3.33. The minimum atomic E-state index is 0.0476. The number of allylic oxidation sites excluding steroid dienone is 2. The minimum absolute atomic E-state index is 0.0476. The molecule has 0 saturated carbocycles. The number of aryl methyl sites for hydroxylation is 2. The van der Waals surface area contributed by atoms with E-state index in [2.05, 4.69) is 95.0 Å². The third-order valence-corrected chi connectivity index (χ3v) is 10.1. The first-order valence-electron chi connectivity index (χ1n) is 13.1. The topological polar surface area (TPSA) is 56.3 Å². The zero-order valence-corrected chi connectivity index (χ0v) is 24.2. The van der Waals surface area contributed by atoms with E-state index in [9.17, 15) is 10.5 Å². The highest BCUT2D eigenvalue weighted by Crippen LogP contribution is 2.54. The molecule has 0 radical (unpaired) electrons. The predicted molar refractivity (Wildman–Crippen MR) is 170 cm³/mol. The molecule has 2 aromatic heterocycles. The van der Waals surface area contributed by atoms with Gasteiger partial charge in [0.1, 0.15) is 0 Å². The molecule has 2 aliphatic carbocycles. The van der Waals surface area contributed by atoms with E-state index in [0.717, 1.165) is 65.4 Å². The van der Waals surface area contributed by atoms with E-state index >= 15 is 0 Å². The second-order valence-corrected chi connectivity index (χ2v) is 12.1. The number of hydrogen-bond acceptors (Lipinski definition) is 4. The fraction of sp³-hybridized carbons (Fsp3) is 0.0556. The number of benzene rings is 3. The van der Waals surface area contributed by atoms with E-state index < -0.39 is 0 Å². The Labute approximate surface area is 251 Å². The summed E-state index contributed by atoms with van der Waals surface area (Å²) in [6.07, 6.45) is 0. The van der Waals surface area contributed by atoms with Crippen molar-refractivity contribution in [2.45, 2.75) is 13.8 Å². The molecule has 2 heterocycles. The van der Waals surface area contributed by atoms with E-state index in [1.165, 1.54) is 11.1 Å². The van der Waals surface area contributed by atoms with Gasteiger partial charge in [0.25, 0.3) is 11.4 Å². The molecule has 6 heteroatoms. The lowest BCUT2D eigenvalue weighted by Gasteiger charge is -2.09. The summed E-state index contributed by atoms with van der Waals surface area (Å²) in [6, 6.07) is 25.0. The summed E-state index contributed by atoms with van der Waals surface area (Å²) in [7, 11) is 0. The van der Waals surface area contributed by atoms with E-state index in [0.29, 0.717) is 11.1 Å². The van der Waals surface area contributed by atoms with Crippen LogP contribution in [0, 0.1) is 49.7 Å². The lowest BCUT2D eigenvalue weighted by Crippen LogP contribution is -1.89. The third kappa shape index (κ3) is 3.55. The largest absolute Gasteiger partial charge is 0.270 e. The Morgan fingerprint density at radius 2 is 0.976 bits per heavy atom. The van der Waals surface area contributed by atoms with Crippen molar-refractivity contribution < 1.29 is 0 Å². The number of fused-ring (bicyclic) bond motifs is 6. The maximum Gasteiger partial charge on any atom is 0.270 e. The Hall–Kier alpha value is -5.50. The van der Waals surface area contributed by atoms with Gasteiger partial charge < -0.3 is 0 Å². The van der Waals surface area contributed by atoms with Crippen LogP contribution in [0.25, 0.3) is 64.0 Å². The lowest BCUT2D eigenvalue weighted by molar-refractivity contribution is 1.49. The molecular formula is C36H18N4S2. The van der Waals surface area contributed by atoms with Crippen LogP contribution < -0.4 is 0 Å².